The molecule has 11 heteroatoms. The van der Waals surface area contributed by atoms with E-state index >= 15 is 4.39 Å². The maximum absolute atomic E-state index is 15.1. The van der Waals surface area contributed by atoms with Gasteiger partial charge in [-0.3, -0.25) is 19.4 Å². The van der Waals surface area contributed by atoms with Crippen molar-refractivity contribution in [2.45, 2.75) is 79.1 Å². The van der Waals surface area contributed by atoms with Gasteiger partial charge in [-0.05, 0) is 55.0 Å². The van der Waals surface area contributed by atoms with Gasteiger partial charge in [-0.25, -0.2) is 4.39 Å². The molecule has 43 heavy (non-hydrogen) atoms. The molecule has 232 valence electrons. The van der Waals surface area contributed by atoms with E-state index in [2.05, 4.69) is 27.7 Å². The summed E-state index contributed by atoms with van der Waals surface area (Å²) < 4.78 is 16.3. The van der Waals surface area contributed by atoms with E-state index in [-0.39, 0.29) is 17.6 Å². The molecule has 2 saturated heterocycles. The Hall–Kier alpha value is -1.37. The van der Waals surface area contributed by atoms with Crippen LogP contribution in [0.15, 0.2) is 28.0 Å². The molecule has 2 amide bonds. The molecule has 0 aliphatic carbocycles. The molecule has 0 spiro atoms. The third-order valence-corrected chi connectivity index (χ3v) is 12.8. The third kappa shape index (κ3) is 8.67. The summed E-state index contributed by atoms with van der Waals surface area (Å²) in [4.78, 5) is 33.8. The second kappa shape index (κ2) is 16.3. The Labute approximate surface area is 282 Å². The maximum Gasteiger partial charge on any atom is 0.266 e. The van der Waals surface area contributed by atoms with Crippen LogP contribution in [0.3, 0.4) is 0 Å². The highest BCUT2D eigenvalue weighted by Gasteiger charge is 2.34. The van der Waals surface area contributed by atoms with Crippen LogP contribution in [0, 0.1) is 17.7 Å². The van der Waals surface area contributed by atoms with Crippen LogP contribution in [0.1, 0.15) is 88.8 Å². The summed E-state index contributed by atoms with van der Waals surface area (Å²) in [6.07, 6.45) is 12.4. The number of thioether (sulfide) groups is 2. The van der Waals surface area contributed by atoms with Gasteiger partial charge in [0.1, 0.15) is 14.5 Å². The summed E-state index contributed by atoms with van der Waals surface area (Å²) >= 11 is 16.5. The molecular formula is C32H39FN2O2S6. The van der Waals surface area contributed by atoms with Gasteiger partial charge < -0.3 is 0 Å². The summed E-state index contributed by atoms with van der Waals surface area (Å²) in [5, 5.41) is 0. The van der Waals surface area contributed by atoms with Crippen LogP contribution in [-0.2, 0) is 9.59 Å². The van der Waals surface area contributed by atoms with Crippen LogP contribution in [0.25, 0.3) is 21.9 Å². The van der Waals surface area contributed by atoms with Crippen molar-refractivity contribution in [1.29, 1.82) is 0 Å². The first-order valence-electron chi connectivity index (χ1n) is 15.1. The lowest BCUT2D eigenvalue weighted by Gasteiger charge is -2.21. The zero-order chi connectivity index (χ0) is 31.1. The summed E-state index contributed by atoms with van der Waals surface area (Å²) in [7, 11) is 0. The molecule has 4 nitrogen and oxygen atoms in total. The number of unbranched alkanes of at least 4 members (excludes halogenated alkanes) is 2. The summed E-state index contributed by atoms with van der Waals surface area (Å²) in [5.41, 5.74) is 0. The summed E-state index contributed by atoms with van der Waals surface area (Å²) in [5.74, 6) is 0.404. The van der Waals surface area contributed by atoms with Crippen LogP contribution in [0.2, 0.25) is 0 Å². The molecule has 0 bridgehead atoms. The number of nitrogens with zero attached hydrogens (tertiary/aromatic N) is 2. The van der Waals surface area contributed by atoms with Gasteiger partial charge in [-0.2, -0.15) is 0 Å². The van der Waals surface area contributed by atoms with Crippen LogP contribution in [0.4, 0.5) is 4.39 Å². The Morgan fingerprint density at radius 1 is 0.791 bits per heavy atom. The zero-order valence-corrected chi connectivity index (χ0v) is 30.0. The Bertz CT molecular complexity index is 1410. The van der Waals surface area contributed by atoms with Gasteiger partial charge in [0.25, 0.3) is 11.8 Å². The largest absolute Gasteiger partial charge is 0.293 e. The van der Waals surface area contributed by atoms with E-state index in [1.54, 1.807) is 15.9 Å². The number of carbonyl (C=O) groups excluding carboxylic acids is 2. The topological polar surface area (TPSA) is 40.6 Å². The zero-order valence-electron chi connectivity index (χ0n) is 25.2. The van der Waals surface area contributed by atoms with Crippen molar-refractivity contribution in [3.63, 3.8) is 0 Å². The van der Waals surface area contributed by atoms with Gasteiger partial charge >= 0.3 is 0 Å². The molecule has 2 aromatic heterocycles. The third-order valence-electron chi connectivity index (χ3n) is 7.82. The van der Waals surface area contributed by atoms with Crippen molar-refractivity contribution in [3.05, 3.63) is 43.6 Å². The van der Waals surface area contributed by atoms with Crippen molar-refractivity contribution in [2.75, 3.05) is 13.1 Å². The minimum absolute atomic E-state index is 0.0441. The molecule has 2 atom stereocenters. The minimum atomic E-state index is -0.324. The molecule has 4 heterocycles. The van der Waals surface area contributed by atoms with Gasteiger partial charge in [0.15, 0.2) is 0 Å². The monoisotopic (exact) mass is 694 g/mol. The lowest BCUT2D eigenvalue weighted by molar-refractivity contribution is -0.123. The number of rotatable bonds is 15. The van der Waals surface area contributed by atoms with Crippen LogP contribution < -0.4 is 0 Å². The van der Waals surface area contributed by atoms with Crippen molar-refractivity contribution >= 4 is 103 Å². The highest BCUT2D eigenvalue weighted by atomic mass is 32.2. The van der Waals surface area contributed by atoms with Crippen LogP contribution in [-0.4, -0.2) is 43.3 Å². The Kier molecular flexibility index (Phi) is 13.1. The Balaban J connectivity index is 1.45. The van der Waals surface area contributed by atoms with E-state index in [9.17, 15) is 9.59 Å². The van der Waals surface area contributed by atoms with Crippen molar-refractivity contribution in [3.8, 4) is 9.75 Å². The fraction of sp³-hybridized carbons (Fsp3) is 0.500. The number of amides is 2. The van der Waals surface area contributed by atoms with E-state index in [1.807, 2.05) is 18.2 Å². The number of thiocarbonyl (C=S) groups is 2. The fourth-order valence-corrected chi connectivity index (χ4v) is 9.83. The molecule has 0 aromatic carbocycles. The number of hydrogen-bond donors (Lipinski definition) is 0. The lowest BCUT2D eigenvalue weighted by atomic mass is 9.99. The van der Waals surface area contributed by atoms with E-state index in [0.717, 1.165) is 61.1 Å². The molecular weight excluding hydrogens is 656 g/mol. The summed E-state index contributed by atoms with van der Waals surface area (Å²) in [6, 6.07) is 5.28. The second-order valence-electron chi connectivity index (χ2n) is 10.9. The first-order valence-corrected chi connectivity index (χ1v) is 19.2. The first-order chi connectivity index (χ1) is 20.7. The van der Waals surface area contributed by atoms with Crippen molar-refractivity contribution in [1.82, 2.24) is 9.80 Å². The number of hydrogen-bond acceptors (Lipinski definition) is 8. The highest BCUT2D eigenvalue weighted by molar-refractivity contribution is 8.27. The molecule has 0 N–H and O–H groups in total. The molecule has 2 aliphatic heterocycles. The minimum Gasteiger partial charge on any atom is -0.293 e. The highest BCUT2D eigenvalue weighted by Crippen LogP contribution is 2.41. The average molecular weight is 695 g/mol. The maximum atomic E-state index is 15.1. The smallest absolute Gasteiger partial charge is 0.266 e. The standard InChI is InChI=1S/C32H39FN2O2S6/c1-5-9-11-20(7-3)18-34-29(36)26(42-31(34)38)16-22-13-14-25(40-22)28-24(33)15-23(41-28)17-27-30(37)35(32(39)43-27)19-21(8-4)12-10-6-2/h13-17,20-21H,5-12,18-19H2,1-4H3/b26-16-,27-17-. The number of thiophene rings is 2. The Morgan fingerprint density at radius 2 is 1.30 bits per heavy atom. The quantitative estimate of drug-likeness (QED) is 0.137. The van der Waals surface area contributed by atoms with E-state index in [4.69, 9.17) is 24.4 Å². The normalized spacial score (nSPS) is 19.1. The number of halogens is 1. The van der Waals surface area contributed by atoms with Gasteiger partial charge in [-0.1, -0.05) is 114 Å². The molecule has 2 fully saturated rings. The molecule has 2 aliphatic rings. The van der Waals surface area contributed by atoms with Crippen molar-refractivity contribution < 1.29 is 14.0 Å². The second-order valence-corrected chi connectivity index (χ2v) is 16.5. The van der Waals surface area contributed by atoms with Gasteiger partial charge in [0, 0.05) is 27.7 Å². The predicted octanol–water partition coefficient (Wildman–Crippen LogP) is 10.5. The van der Waals surface area contributed by atoms with Gasteiger partial charge in [0.2, 0.25) is 0 Å². The Morgan fingerprint density at radius 3 is 1.79 bits per heavy atom. The molecule has 2 unspecified atom stereocenters. The van der Waals surface area contributed by atoms with Crippen LogP contribution >= 0.6 is 70.6 Å². The van der Waals surface area contributed by atoms with E-state index in [0.29, 0.717) is 53.1 Å². The first kappa shape index (κ1) is 34.5. The predicted molar refractivity (Wildman–Crippen MR) is 194 cm³/mol. The molecule has 0 radical (unpaired) electrons. The van der Waals surface area contributed by atoms with E-state index < -0.39 is 0 Å². The fourth-order valence-electron chi connectivity index (χ4n) is 5.10. The lowest BCUT2D eigenvalue weighted by Crippen LogP contribution is -2.33. The molecule has 2 aromatic rings. The molecule has 4 rings (SSSR count). The van der Waals surface area contributed by atoms with Gasteiger partial charge in [0.05, 0.1) is 14.7 Å². The molecule has 0 saturated carbocycles. The van der Waals surface area contributed by atoms with Crippen molar-refractivity contribution in [2.24, 2.45) is 11.8 Å². The van der Waals surface area contributed by atoms with E-state index in [1.165, 1.54) is 52.3 Å². The van der Waals surface area contributed by atoms with Gasteiger partial charge in [-0.15, -0.1) is 22.7 Å². The SMILES string of the molecule is CCCCC(CC)CN1C(=O)/C(=C/c2ccc(-c3sc(/C=C4\SC(=S)N(CC(CC)CCCC)C4=O)cc3F)s2)SC1=S. The van der Waals surface area contributed by atoms with Crippen LogP contribution in [0.5, 0.6) is 0 Å². The number of carbonyl (C=O) groups is 2. The average Bonchev–Trinajstić information content (AvgIpc) is 3.73. The summed E-state index contributed by atoms with van der Waals surface area (Å²) in [6.45, 7) is 9.97.